The first kappa shape index (κ1) is 22.7. The van der Waals surface area contributed by atoms with Gasteiger partial charge < -0.3 is 10.1 Å². The molecule has 0 aliphatic heterocycles. The molecule has 1 N–H and O–H groups in total. The predicted octanol–water partition coefficient (Wildman–Crippen LogP) is 5.44. The molecule has 0 fully saturated rings. The van der Waals surface area contributed by atoms with Crippen molar-refractivity contribution in [3.63, 3.8) is 0 Å². The normalized spacial score (nSPS) is 10.1. The summed E-state index contributed by atoms with van der Waals surface area (Å²) in [5.74, 6) is 0.117. The van der Waals surface area contributed by atoms with E-state index in [4.69, 9.17) is 15.3 Å². The summed E-state index contributed by atoms with van der Waals surface area (Å²) in [4.78, 5) is 7.58. The van der Waals surface area contributed by atoms with Crippen LogP contribution in [0.3, 0.4) is 0 Å². The molecule has 2 heterocycles. The fourth-order valence-corrected chi connectivity index (χ4v) is 2.36. The summed E-state index contributed by atoms with van der Waals surface area (Å²) in [6.45, 7) is 0. The first-order chi connectivity index (χ1) is 14.3. The first-order valence-electron chi connectivity index (χ1n) is 8.17. The number of rotatable bonds is 3. The molecule has 10 heteroatoms. The van der Waals surface area contributed by atoms with Crippen molar-refractivity contribution in [3.05, 3.63) is 76.3 Å². The number of anilines is 2. The Morgan fingerprint density at radius 2 is 1.60 bits per heavy atom. The molecule has 30 heavy (non-hydrogen) atoms. The number of ether oxygens (including phenoxy) is 1. The number of benzene rings is 1. The van der Waals surface area contributed by atoms with Crippen molar-refractivity contribution >= 4 is 27.3 Å². The summed E-state index contributed by atoms with van der Waals surface area (Å²) < 4.78 is 44.8. The predicted molar refractivity (Wildman–Crippen MR) is 107 cm³/mol. The fourth-order valence-electron chi connectivity index (χ4n) is 2.13. The lowest BCUT2D eigenvalue weighted by Crippen LogP contribution is -2.09. The molecule has 1 aromatic carbocycles. The number of methoxy groups -OCH3 is 1. The largest absolute Gasteiger partial charge is 0.497 e. The van der Waals surface area contributed by atoms with Crippen LogP contribution in [-0.4, -0.2) is 17.1 Å². The van der Waals surface area contributed by atoms with Crippen molar-refractivity contribution in [1.29, 1.82) is 10.5 Å². The number of hydrogen-bond acceptors (Lipinski definition) is 6. The van der Waals surface area contributed by atoms with E-state index in [9.17, 15) is 13.2 Å². The van der Waals surface area contributed by atoms with Crippen LogP contribution < -0.4 is 10.1 Å². The molecule has 0 unspecified atom stereocenters. The standard InChI is InChI=1S/C14H10F3N3O.C6H3BrN2/c1-21-11-4-5-13(12(6-11)14(15,16)17)20-10-3-2-9(7-18)19-8-10;7-5-1-2-6(3-8)9-4-5/h2-6,8,20H,1H3;1-2,4H. The number of halogens is 4. The molecule has 0 saturated heterocycles. The highest BCUT2D eigenvalue weighted by molar-refractivity contribution is 9.10. The van der Waals surface area contributed by atoms with Crippen molar-refractivity contribution in [1.82, 2.24) is 9.97 Å². The van der Waals surface area contributed by atoms with E-state index in [-0.39, 0.29) is 17.1 Å². The van der Waals surface area contributed by atoms with E-state index in [0.29, 0.717) is 11.4 Å². The van der Waals surface area contributed by atoms with Crippen molar-refractivity contribution in [2.24, 2.45) is 0 Å². The zero-order chi connectivity index (χ0) is 22.1. The molecule has 152 valence electrons. The first-order valence-corrected chi connectivity index (χ1v) is 8.96. The number of nitrogens with one attached hydrogen (secondary N) is 1. The van der Waals surface area contributed by atoms with E-state index in [1.807, 2.05) is 12.1 Å². The van der Waals surface area contributed by atoms with Crippen LogP contribution in [0.25, 0.3) is 0 Å². The summed E-state index contributed by atoms with van der Waals surface area (Å²) in [6, 6.07) is 13.7. The van der Waals surface area contributed by atoms with Gasteiger partial charge in [-0.1, -0.05) is 0 Å². The Bertz CT molecular complexity index is 1070. The summed E-state index contributed by atoms with van der Waals surface area (Å²) >= 11 is 3.20. The van der Waals surface area contributed by atoms with Gasteiger partial charge in [0.15, 0.2) is 0 Å². The van der Waals surface area contributed by atoms with E-state index >= 15 is 0 Å². The zero-order valence-electron chi connectivity index (χ0n) is 15.4. The highest BCUT2D eigenvalue weighted by Gasteiger charge is 2.34. The van der Waals surface area contributed by atoms with Gasteiger partial charge in [-0.3, -0.25) is 0 Å². The molecule has 0 saturated carbocycles. The molecular weight excluding hydrogens is 463 g/mol. The molecule has 0 bridgehead atoms. The molecule has 6 nitrogen and oxygen atoms in total. The lowest BCUT2D eigenvalue weighted by atomic mass is 10.1. The zero-order valence-corrected chi connectivity index (χ0v) is 17.0. The third-order valence-electron chi connectivity index (χ3n) is 3.53. The minimum atomic E-state index is -4.52. The monoisotopic (exact) mass is 475 g/mol. The molecule has 2 aromatic heterocycles. The average molecular weight is 476 g/mol. The average Bonchev–Trinajstić information content (AvgIpc) is 2.75. The quantitative estimate of drug-likeness (QED) is 0.541. The number of pyridine rings is 2. The summed E-state index contributed by atoms with van der Waals surface area (Å²) in [5, 5.41) is 19.6. The molecule has 0 aliphatic carbocycles. The Kier molecular flexibility index (Phi) is 7.73. The van der Waals surface area contributed by atoms with Gasteiger partial charge in [-0.05, 0) is 58.4 Å². The number of nitriles is 2. The second kappa shape index (κ2) is 10.2. The van der Waals surface area contributed by atoms with Gasteiger partial charge in [0.2, 0.25) is 0 Å². The molecule has 0 aliphatic rings. The van der Waals surface area contributed by atoms with Gasteiger partial charge in [0, 0.05) is 10.7 Å². The molecule has 3 aromatic rings. The van der Waals surface area contributed by atoms with Crippen LogP contribution in [0.1, 0.15) is 17.0 Å². The van der Waals surface area contributed by atoms with Gasteiger partial charge in [-0.2, -0.15) is 23.7 Å². The van der Waals surface area contributed by atoms with Crippen LogP contribution in [0.2, 0.25) is 0 Å². The van der Waals surface area contributed by atoms with E-state index < -0.39 is 11.7 Å². The molecule has 0 spiro atoms. The minimum absolute atomic E-state index is 0.116. The Hall–Kier alpha value is -3.63. The molecule has 0 amide bonds. The smallest absolute Gasteiger partial charge is 0.418 e. The number of hydrogen-bond donors (Lipinski definition) is 1. The van der Waals surface area contributed by atoms with Gasteiger partial charge in [0.25, 0.3) is 0 Å². The van der Waals surface area contributed by atoms with Gasteiger partial charge in [-0.25, -0.2) is 9.97 Å². The lowest BCUT2D eigenvalue weighted by molar-refractivity contribution is -0.137. The van der Waals surface area contributed by atoms with Gasteiger partial charge in [0.05, 0.1) is 30.2 Å². The van der Waals surface area contributed by atoms with E-state index in [2.05, 4.69) is 31.2 Å². The minimum Gasteiger partial charge on any atom is -0.497 e. The van der Waals surface area contributed by atoms with Crippen LogP contribution in [0.15, 0.2) is 59.3 Å². The van der Waals surface area contributed by atoms with Crippen LogP contribution in [0.4, 0.5) is 24.5 Å². The summed E-state index contributed by atoms with van der Waals surface area (Å²) in [7, 11) is 1.30. The Morgan fingerprint density at radius 1 is 0.967 bits per heavy atom. The van der Waals surface area contributed by atoms with Crippen molar-refractivity contribution in [2.45, 2.75) is 6.18 Å². The second-order valence-corrected chi connectivity index (χ2v) is 6.47. The maximum Gasteiger partial charge on any atom is 0.418 e. The molecule has 0 radical (unpaired) electrons. The third kappa shape index (κ3) is 6.47. The molecule has 0 atom stereocenters. The van der Waals surface area contributed by atoms with Crippen LogP contribution in [-0.2, 0) is 6.18 Å². The van der Waals surface area contributed by atoms with Crippen LogP contribution in [0, 0.1) is 22.7 Å². The Morgan fingerprint density at radius 3 is 2.07 bits per heavy atom. The maximum absolute atomic E-state index is 13.0. The van der Waals surface area contributed by atoms with E-state index in [0.717, 1.165) is 10.5 Å². The van der Waals surface area contributed by atoms with Gasteiger partial charge in [-0.15, -0.1) is 0 Å². The summed E-state index contributed by atoms with van der Waals surface area (Å²) in [5.41, 5.74) is 0.0233. The Balaban J connectivity index is 0.000000297. The topological polar surface area (TPSA) is 94.6 Å². The SMILES string of the molecule is COc1ccc(Nc2ccc(C#N)nc2)c(C(F)(F)F)c1.N#Cc1ccc(Br)cn1. The second-order valence-electron chi connectivity index (χ2n) is 5.55. The third-order valence-corrected chi connectivity index (χ3v) is 4.00. The fraction of sp³-hybridized carbons (Fsp3) is 0.100. The van der Waals surface area contributed by atoms with Crippen LogP contribution >= 0.6 is 15.9 Å². The van der Waals surface area contributed by atoms with Crippen LogP contribution in [0.5, 0.6) is 5.75 Å². The van der Waals surface area contributed by atoms with Crippen molar-refractivity contribution in [2.75, 3.05) is 12.4 Å². The number of nitrogens with zero attached hydrogens (tertiary/aromatic N) is 4. The van der Waals surface area contributed by atoms with E-state index in [1.54, 1.807) is 18.3 Å². The van der Waals surface area contributed by atoms with Crippen molar-refractivity contribution < 1.29 is 17.9 Å². The van der Waals surface area contributed by atoms with E-state index in [1.165, 1.54) is 37.6 Å². The number of aromatic nitrogens is 2. The maximum atomic E-state index is 13.0. The molecular formula is C20H13BrF3N5O. The molecule has 3 rings (SSSR count). The Labute approximate surface area is 178 Å². The highest BCUT2D eigenvalue weighted by Crippen LogP contribution is 2.38. The van der Waals surface area contributed by atoms with Crippen molar-refractivity contribution in [3.8, 4) is 17.9 Å². The number of alkyl halides is 3. The lowest BCUT2D eigenvalue weighted by Gasteiger charge is -2.15. The van der Waals surface area contributed by atoms with Gasteiger partial charge in [0.1, 0.15) is 29.3 Å². The highest BCUT2D eigenvalue weighted by atomic mass is 79.9. The van der Waals surface area contributed by atoms with Gasteiger partial charge >= 0.3 is 6.18 Å². The summed E-state index contributed by atoms with van der Waals surface area (Å²) in [6.07, 6.45) is -1.63.